The standard InChI is InChI=1S/C29H22S.C2H6/c1-2-10-20(9-1)21-17-18-29-25(19-21)24-13-5-8-16-28(24)30(29)26-14-6-3-11-22(26)23-12-4-7-15-27(23)30;1-2/h1-9,11-16,19H,10,17-18H2;1-2H3. The number of rotatable bonds is 1. The van der Waals surface area contributed by atoms with Gasteiger partial charge < -0.3 is 0 Å². The lowest BCUT2D eigenvalue weighted by Gasteiger charge is -2.39. The van der Waals surface area contributed by atoms with Crippen LogP contribution < -0.4 is 0 Å². The van der Waals surface area contributed by atoms with Crippen LogP contribution in [0.2, 0.25) is 0 Å². The van der Waals surface area contributed by atoms with Gasteiger partial charge in [0.25, 0.3) is 0 Å². The largest absolute Gasteiger partial charge is 0.134 e. The molecule has 1 spiro atoms. The lowest BCUT2D eigenvalue weighted by molar-refractivity contribution is 0.950. The van der Waals surface area contributed by atoms with Gasteiger partial charge in [0.05, 0.1) is 0 Å². The molecule has 3 aromatic rings. The fourth-order valence-electron chi connectivity index (χ4n) is 5.82. The summed E-state index contributed by atoms with van der Waals surface area (Å²) in [7, 11) is -1.35. The smallest absolute Gasteiger partial charge is 0.00996 e. The Balaban J connectivity index is 0.000000953. The van der Waals surface area contributed by atoms with Crippen molar-refractivity contribution in [3.8, 4) is 11.1 Å². The molecule has 0 bridgehead atoms. The van der Waals surface area contributed by atoms with E-state index >= 15 is 0 Å². The summed E-state index contributed by atoms with van der Waals surface area (Å²) in [6, 6.07) is 27.6. The third-order valence-corrected chi connectivity index (χ3v) is 11.2. The fraction of sp³-hybridized carbons (Fsp3) is 0.161. The molecule has 0 aromatic heterocycles. The fourth-order valence-corrected chi connectivity index (χ4v) is 10.6. The summed E-state index contributed by atoms with van der Waals surface area (Å²) in [5, 5.41) is 0. The molecular formula is C31H28S. The maximum absolute atomic E-state index is 2.53. The molecule has 0 amide bonds. The minimum absolute atomic E-state index is 1.08. The molecule has 0 N–H and O–H groups in total. The van der Waals surface area contributed by atoms with Crippen molar-refractivity contribution in [1.82, 2.24) is 0 Å². The van der Waals surface area contributed by atoms with Gasteiger partial charge in [0.2, 0.25) is 0 Å². The summed E-state index contributed by atoms with van der Waals surface area (Å²) >= 11 is 0. The van der Waals surface area contributed by atoms with Crippen molar-refractivity contribution < 1.29 is 0 Å². The predicted molar refractivity (Wildman–Crippen MR) is 138 cm³/mol. The molecule has 0 radical (unpaired) electrons. The van der Waals surface area contributed by atoms with Crippen molar-refractivity contribution in [2.45, 2.75) is 47.8 Å². The summed E-state index contributed by atoms with van der Waals surface area (Å²) in [6.45, 7) is 4.00. The molecule has 1 heteroatoms. The molecule has 0 saturated carbocycles. The molecule has 3 aromatic carbocycles. The maximum atomic E-state index is 2.53. The Kier molecular flexibility index (Phi) is 4.62. The van der Waals surface area contributed by atoms with Gasteiger partial charge in [0.1, 0.15) is 0 Å². The summed E-state index contributed by atoms with van der Waals surface area (Å²) in [5.74, 6) is 0. The quantitative estimate of drug-likeness (QED) is 0.359. The van der Waals surface area contributed by atoms with Crippen molar-refractivity contribution >= 4 is 15.6 Å². The van der Waals surface area contributed by atoms with Gasteiger partial charge in [-0.2, -0.15) is 0 Å². The van der Waals surface area contributed by atoms with Gasteiger partial charge in [-0.05, 0) is 75.8 Å². The average Bonchev–Trinajstić information content (AvgIpc) is 3.58. The van der Waals surface area contributed by atoms with E-state index in [0.29, 0.717) is 0 Å². The van der Waals surface area contributed by atoms with Crippen molar-refractivity contribution in [3.05, 3.63) is 119 Å². The van der Waals surface area contributed by atoms with Crippen LogP contribution in [0.1, 0.15) is 38.7 Å². The van der Waals surface area contributed by atoms with Crippen LogP contribution in [0.15, 0.2) is 128 Å². The molecular weight excluding hydrogens is 404 g/mol. The van der Waals surface area contributed by atoms with Crippen LogP contribution >= 0.6 is 10.0 Å². The Morgan fingerprint density at radius 2 is 1.19 bits per heavy atom. The Hall–Kier alpha value is -3.03. The van der Waals surface area contributed by atoms with Crippen LogP contribution in [0.5, 0.6) is 0 Å². The number of fused-ring (bicyclic) bond motifs is 9. The molecule has 0 saturated heterocycles. The lowest BCUT2D eigenvalue weighted by Crippen LogP contribution is -2.04. The first-order chi connectivity index (χ1) is 15.9. The predicted octanol–water partition coefficient (Wildman–Crippen LogP) is 9.31. The van der Waals surface area contributed by atoms with Crippen molar-refractivity contribution in [1.29, 1.82) is 0 Å². The summed E-state index contributed by atoms with van der Waals surface area (Å²) in [5.41, 5.74) is 8.86. The molecule has 7 rings (SSSR count). The third-order valence-electron chi connectivity index (χ3n) is 7.02. The first-order valence-electron chi connectivity index (χ1n) is 11.8. The van der Waals surface area contributed by atoms with Gasteiger partial charge in [-0.1, -0.05) is 92.7 Å². The van der Waals surface area contributed by atoms with E-state index in [2.05, 4.69) is 97.1 Å². The van der Waals surface area contributed by atoms with E-state index in [-0.39, 0.29) is 0 Å². The molecule has 0 unspecified atom stereocenters. The Labute approximate surface area is 193 Å². The summed E-state index contributed by atoms with van der Waals surface area (Å²) in [6.07, 6.45) is 12.7. The normalized spacial score (nSPS) is 19.3. The van der Waals surface area contributed by atoms with E-state index in [4.69, 9.17) is 0 Å². The molecule has 2 aliphatic heterocycles. The molecule has 158 valence electrons. The second-order valence-electron chi connectivity index (χ2n) is 8.43. The Bertz CT molecular complexity index is 1320. The van der Waals surface area contributed by atoms with Crippen LogP contribution in [0.3, 0.4) is 0 Å². The van der Waals surface area contributed by atoms with Crippen LogP contribution in [0, 0.1) is 0 Å². The van der Waals surface area contributed by atoms with E-state index in [0.717, 1.165) is 19.3 Å². The number of hydrogen-bond donors (Lipinski definition) is 0. The molecule has 0 nitrogen and oxygen atoms in total. The first kappa shape index (κ1) is 19.6. The Morgan fingerprint density at radius 3 is 1.78 bits per heavy atom. The Morgan fingerprint density at radius 1 is 0.625 bits per heavy atom. The highest BCUT2D eigenvalue weighted by molar-refractivity contribution is 8.37. The van der Waals surface area contributed by atoms with Crippen LogP contribution in [0.25, 0.3) is 16.7 Å². The van der Waals surface area contributed by atoms with E-state index < -0.39 is 10.0 Å². The third kappa shape index (κ3) is 2.46. The second kappa shape index (κ2) is 7.53. The lowest BCUT2D eigenvalue weighted by atomic mass is 9.90. The molecule has 0 atom stereocenters. The molecule has 0 fully saturated rings. The highest BCUT2D eigenvalue weighted by Crippen LogP contribution is 2.85. The minimum atomic E-state index is -1.35. The minimum Gasteiger partial charge on any atom is -0.134 e. The van der Waals surface area contributed by atoms with Gasteiger partial charge in [-0.25, -0.2) is 0 Å². The van der Waals surface area contributed by atoms with Gasteiger partial charge in [0.15, 0.2) is 0 Å². The maximum Gasteiger partial charge on any atom is 0.00996 e. The summed E-state index contributed by atoms with van der Waals surface area (Å²) in [4.78, 5) is 6.31. The zero-order valence-electron chi connectivity index (χ0n) is 18.8. The van der Waals surface area contributed by atoms with Gasteiger partial charge in [0, 0.05) is 14.7 Å². The topological polar surface area (TPSA) is 0 Å². The van der Waals surface area contributed by atoms with Gasteiger partial charge >= 0.3 is 0 Å². The molecule has 2 aliphatic carbocycles. The first-order valence-corrected chi connectivity index (χ1v) is 13.4. The van der Waals surface area contributed by atoms with Crippen molar-refractivity contribution in [2.24, 2.45) is 0 Å². The highest BCUT2D eigenvalue weighted by Gasteiger charge is 2.49. The molecule has 2 heterocycles. The van der Waals surface area contributed by atoms with E-state index in [1.54, 1.807) is 19.6 Å². The van der Waals surface area contributed by atoms with Crippen LogP contribution in [-0.4, -0.2) is 0 Å². The van der Waals surface area contributed by atoms with Crippen molar-refractivity contribution in [2.75, 3.05) is 0 Å². The molecule has 4 aliphatic rings. The van der Waals surface area contributed by atoms with Crippen LogP contribution in [0.4, 0.5) is 0 Å². The van der Waals surface area contributed by atoms with E-state index in [1.807, 2.05) is 13.8 Å². The van der Waals surface area contributed by atoms with Crippen LogP contribution in [-0.2, 0) is 0 Å². The van der Waals surface area contributed by atoms with Gasteiger partial charge in [-0.15, -0.1) is 10.0 Å². The van der Waals surface area contributed by atoms with E-state index in [9.17, 15) is 0 Å². The monoisotopic (exact) mass is 432 g/mol. The van der Waals surface area contributed by atoms with E-state index in [1.165, 1.54) is 33.4 Å². The number of allylic oxidation sites excluding steroid dienone is 8. The zero-order chi connectivity index (χ0) is 21.7. The van der Waals surface area contributed by atoms with Gasteiger partial charge in [-0.3, -0.25) is 0 Å². The second-order valence-corrected chi connectivity index (χ2v) is 11.5. The zero-order valence-corrected chi connectivity index (χ0v) is 19.6. The average molecular weight is 433 g/mol. The highest BCUT2D eigenvalue weighted by atomic mass is 32.3. The summed E-state index contributed by atoms with van der Waals surface area (Å²) < 4.78 is 0. The number of hydrogen-bond acceptors (Lipinski definition) is 0. The molecule has 32 heavy (non-hydrogen) atoms. The van der Waals surface area contributed by atoms with Crippen molar-refractivity contribution in [3.63, 3.8) is 0 Å². The SMILES string of the molecule is C1=CCC(C2=CC3=C(CC2)S2(c4ccccc43)c3ccccc3-c3ccccc32)=C1.CC. The number of benzene rings is 3.